The van der Waals surface area contributed by atoms with Crippen molar-refractivity contribution in [2.45, 2.75) is 18.9 Å². The minimum atomic E-state index is 0.183. The Hall–Kier alpha value is -1.28. The van der Waals surface area contributed by atoms with Crippen LogP contribution in [0, 0.1) is 0 Å². The summed E-state index contributed by atoms with van der Waals surface area (Å²) >= 11 is 3.56. The van der Waals surface area contributed by atoms with Gasteiger partial charge in [0.15, 0.2) is 0 Å². The first-order chi connectivity index (χ1) is 8.34. The first kappa shape index (κ1) is 10.8. The Bertz CT molecular complexity index is 522. The predicted octanol–water partition coefficient (Wildman–Crippen LogP) is 4.52. The largest absolute Gasteiger partial charge is 0.484 e. The van der Waals surface area contributed by atoms with Gasteiger partial charge in [0.05, 0.1) is 4.47 Å². The van der Waals surface area contributed by atoms with E-state index in [2.05, 4.69) is 52.3 Å². The number of rotatable bonds is 1. The van der Waals surface area contributed by atoms with Crippen molar-refractivity contribution < 1.29 is 4.74 Å². The van der Waals surface area contributed by atoms with Gasteiger partial charge in [0.2, 0.25) is 0 Å². The maximum absolute atomic E-state index is 6.10. The van der Waals surface area contributed by atoms with Gasteiger partial charge in [-0.05, 0) is 46.0 Å². The molecule has 2 aromatic carbocycles. The van der Waals surface area contributed by atoms with Crippen molar-refractivity contribution in [2.24, 2.45) is 0 Å². The zero-order chi connectivity index (χ0) is 11.7. The minimum absolute atomic E-state index is 0.183. The number of halogens is 1. The molecule has 1 aliphatic rings. The topological polar surface area (TPSA) is 9.23 Å². The van der Waals surface area contributed by atoms with E-state index >= 15 is 0 Å². The van der Waals surface area contributed by atoms with Crippen LogP contribution in [-0.4, -0.2) is 0 Å². The minimum Gasteiger partial charge on any atom is -0.484 e. The van der Waals surface area contributed by atoms with Gasteiger partial charge in [-0.2, -0.15) is 0 Å². The molecule has 0 amide bonds. The fraction of sp³-hybridized carbons (Fsp3) is 0.200. The molecule has 0 aliphatic carbocycles. The van der Waals surface area contributed by atoms with E-state index in [0.29, 0.717) is 0 Å². The van der Waals surface area contributed by atoms with Crippen LogP contribution in [0.15, 0.2) is 53.0 Å². The average Bonchev–Trinajstić information content (AvgIpc) is 2.40. The molecule has 1 heterocycles. The number of benzene rings is 2. The van der Waals surface area contributed by atoms with Gasteiger partial charge in [0, 0.05) is 0 Å². The summed E-state index contributed by atoms with van der Waals surface area (Å²) in [6, 6.07) is 16.7. The second-order valence-electron chi connectivity index (χ2n) is 4.28. The van der Waals surface area contributed by atoms with Crippen molar-refractivity contribution in [3.05, 3.63) is 64.1 Å². The molecule has 0 unspecified atom stereocenters. The van der Waals surface area contributed by atoms with Crippen LogP contribution in [0.2, 0.25) is 0 Å². The number of ether oxygens (including phenoxy) is 1. The van der Waals surface area contributed by atoms with Gasteiger partial charge in [-0.1, -0.05) is 42.5 Å². The molecule has 1 aliphatic heterocycles. The van der Waals surface area contributed by atoms with Crippen LogP contribution >= 0.6 is 15.9 Å². The zero-order valence-corrected chi connectivity index (χ0v) is 11.0. The van der Waals surface area contributed by atoms with Crippen LogP contribution in [0.4, 0.5) is 0 Å². The molecule has 0 fully saturated rings. The molecule has 0 saturated heterocycles. The van der Waals surface area contributed by atoms with Crippen molar-refractivity contribution in [1.82, 2.24) is 0 Å². The highest BCUT2D eigenvalue weighted by molar-refractivity contribution is 9.10. The highest BCUT2D eigenvalue weighted by Gasteiger charge is 2.22. The number of hydrogen-bond acceptors (Lipinski definition) is 1. The third kappa shape index (κ3) is 2.09. The van der Waals surface area contributed by atoms with E-state index < -0.39 is 0 Å². The van der Waals surface area contributed by atoms with Crippen LogP contribution in [0.1, 0.15) is 23.7 Å². The van der Waals surface area contributed by atoms with Gasteiger partial charge < -0.3 is 4.74 Å². The van der Waals surface area contributed by atoms with Gasteiger partial charge in [-0.3, -0.25) is 0 Å². The molecule has 0 spiro atoms. The second kappa shape index (κ2) is 4.53. The Balaban J connectivity index is 1.93. The smallest absolute Gasteiger partial charge is 0.137 e. The van der Waals surface area contributed by atoms with E-state index in [9.17, 15) is 0 Å². The van der Waals surface area contributed by atoms with E-state index in [0.717, 1.165) is 23.1 Å². The highest BCUT2D eigenvalue weighted by atomic mass is 79.9. The molecule has 86 valence electrons. The predicted molar refractivity (Wildman–Crippen MR) is 72.3 cm³/mol. The first-order valence-corrected chi connectivity index (χ1v) is 6.63. The summed E-state index contributed by atoms with van der Waals surface area (Å²) in [4.78, 5) is 0. The van der Waals surface area contributed by atoms with Gasteiger partial charge in [-0.15, -0.1) is 0 Å². The molecule has 0 radical (unpaired) electrons. The number of para-hydroxylation sites is 1. The third-order valence-corrected chi connectivity index (χ3v) is 3.78. The Kier molecular flexibility index (Phi) is 2.89. The molecule has 0 aromatic heterocycles. The van der Waals surface area contributed by atoms with E-state index in [1.54, 1.807) is 0 Å². The fourth-order valence-corrected chi connectivity index (χ4v) is 2.77. The lowest BCUT2D eigenvalue weighted by Crippen LogP contribution is -2.15. The van der Waals surface area contributed by atoms with Crippen molar-refractivity contribution >= 4 is 15.9 Å². The summed E-state index contributed by atoms with van der Waals surface area (Å²) < 4.78 is 7.15. The molecule has 1 nitrogen and oxygen atoms in total. The average molecular weight is 289 g/mol. The van der Waals surface area contributed by atoms with Crippen molar-refractivity contribution in [3.63, 3.8) is 0 Å². The van der Waals surface area contributed by atoms with Crippen LogP contribution < -0.4 is 4.74 Å². The standard InChI is InChI=1S/C15H13BrO/c16-13-8-4-7-12-9-10-14(17-15(12)13)11-5-2-1-3-6-11/h1-8,14H,9-10H2/t14-/m0/s1. The van der Waals surface area contributed by atoms with Gasteiger partial charge in [-0.25, -0.2) is 0 Å². The molecule has 1 atom stereocenters. The van der Waals surface area contributed by atoms with E-state index in [1.807, 2.05) is 12.1 Å². The van der Waals surface area contributed by atoms with Crippen molar-refractivity contribution in [3.8, 4) is 5.75 Å². The monoisotopic (exact) mass is 288 g/mol. The Morgan fingerprint density at radius 2 is 1.82 bits per heavy atom. The maximum atomic E-state index is 6.10. The lowest BCUT2D eigenvalue weighted by Gasteiger charge is -2.27. The Morgan fingerprint density at radius 1 is 1.00 bits per heavy atom. The lowest BCUT2D eigenvalue weighted by atomic mass is 9.98. The number of hydrogen-bond donors (Lipinski definition) is 0. The van der Waals surface area contributed by atoms with Gasteiger partial charge in [0.25, 0.3) is 0 Å². The molecule has 2 heteroatoms. The molecule has 0 bridgehead atoms. The van der Waals surface area contributed by atoms with E-state index in [4.69, 9.17) is 4.74 Å². The summed E-state index contributed by atoms with van der Waals surface area (Å²) in [5, 5.41) is 0. The summed E-state index contributed by atoms with van der Waals surface area (Å²) in [5.41, 5.74) is 2.56. The molecule has 17 heavy (non-hydrogen) atoms. The number of fused-ring (bicyclic) bond motifs is 1. The SMILES string of the molecule is Brc1cccc2c1O[C@H](c1ccccc1)CC2. The Morgan fingerprint density at radius 3 is 2.65 bits per heavy atom. The number of aryl methyl sites for hydroxylation is 1. The first-order valence-electron chi connectivity index (χ1n) is 5.83. The van der Waals surface area contributed by atoms with Crippen LogP contribution in [0.5, 0.6) is 5.75 Å². The second-order valence-corrected chi connectivity index (χ2v) is 5.14. The summed E-state index contributed by atoms with van der Waals surface area (Å²) in [6.45, 7) is 0. The summed E-state index contributed by atoms with van der Waals surface area (Å²) in [6.07, 6.45) is 2.31. The molecule has 0 saturated carbocycles. The van der Waals surface area contributed by atoms with Gasteiger partial charge >= 0.3 is 0 Å². The summed E-state index contributed by atoms with van der Waals surface area (Å²) in [7, 11) is 0. The molecule has 3 rings (SSSR count). The molecular formula is C15H13BrO. The molecule has 2 aromatic rings. The maximum Gasteiger partial charge on any atom is 0.137 e. The highest BCUT2D eigenvalue weighted by Crippen LogP contribution is 2.39. The van der Waals surface area contributed by atoms with Gasteiger partial charge in [0.1, 0.15) is 11.9 Å². The summed E-state index contributed by atoms with van der Waals surface area (Å²) in [5.74, 6) is 1.01. The fourth-order valence-electron chi connectivity index (χ4n) is 2.27. The van der Waals surface area contributed by atoms with Crippen LogP contribution in [-0.2, 0) is 6.42 Å². The Labute approximate surface area is 110 Å². The van der Waals surface area contributed by atoms with Crippen molar-refractivity contribution in [2.75, 3.05) is 0 Å². The van der Waals surface area contributed by atoms with Crippen molar-refractivity contribution in [1.29, 1.82) is 0 Å². The van der Waals surface area contributed by atoms with Crippen LogP contribution in [0.3, 0.4) is 0 Å². The van der Waals surface area contributed by atoms with Crippen LogP contribution in [0.25, 0.3) is 0 Å². The van der Waals surface area contributed by atoms with E-state index in [-0.39, 0.29) is 6.10 Å². The molecule has 0 N–H and O–H groups in total. The zero-order valence-electron chi connectivity index (χ0n) is 9.40. The quantitative estimate of drug-likeness (QED) is 0.750. The third-order valence-electron chi connectivity index (χ3n) is 3.16. The van der Waals surface area contributed by atoms with E-state index in [1.165, 1.54) is 11.1 Å². The lowest BCUT2D eigenvalue weighted by molar-refractivity contribution is 0.175. The normalized spacial score (nSPS) is 18.3. The molecular weight excluding hydrogens is 276 g/mol.